The lowest BCUT2D eigenvalue weighted by molar-refractivity contribution is 0.0589. The molecule has 0 unspecified atom stereocenters. The van der Waals surface area contributed by atoms with Crippen LogP contribution in [0.2, 0.25) is 0 Å². The molecule has 3 rings (SSSR count). The Bertz CT molecular complexity index is 1470. The second kappa shape index (κ2) is 8.31. The Morgan fingerprint density at radius 1 is 0.781 bits per heavy atom. The van der Waals surface area contributed by atoms with E-state index in [-0.39, 0.29) is 5.56 Å². The number of fused-ring (bicyclic) bond motifs is 1. The predicted molar refractivity (Wildman–Crippen MR) is 112 cm³/mol. The Morgan fingerprint density at radius 3 is 1.91 bits per heavy atom. The summed E-state index contributed by atoms with van der Waals surface area (Å²) in [5.41, 5.74) is -2.52. The summed E-state index contributed by atoms with van der Waals surface area (Å²) in [6.07, 6.45) is 0. The van der Waals surface area contributed by atoms with E-state index in [2.05, 4.69) is 9.47 Å². The van der Waals surface area contributed by atoms with E-state index < -0.39 is 58.7 Å². The van der Waals surface area contributed by atoms with Gasteiger partial charge in [0.15, 0.2) is 0 Å². The maximum absolute atomic E-state index is 12.7. The smallest absolute Gasteiger partial charge is 0.339 e. The van der Waals surface area contributed by atoms with Gasteiger partial charge in [-0.2, -0.15) is 16.8 Å². The van der Waals surface area contributed by atoms with E-state index in [0.717, 1.165) is 19.6 Å². The van der Waals surface area contributed by atoms with Gasteiger partial charge in [-0.25, -0.2) is 9.59 Å². The van der Waals surface area contributed by atoms with Gasteiger partial charge in [0.2, 0.25) is 0 Å². The molecule has 10 nitrogen and oxygen atoms in total. The number of hydrogen-bond acceptors (Lipinski definition) is 8. The SMILES string of the molecule is COC(=O)c1cc(S(=O)(=O)O)c(-c2ccc3ccccc3c2)c(C(=O)OC)c1S(=O)(=O)O. The molecule has 0 bridgehead atoms. The minimum Gasteiger partial charge on any atom is -0.465 e. The summed E-state index contributed by atoms with van der Waals surface area (Å²) in [5.74, 6) is -2.76. The Hall–Kier alpha value is -3.32. The van der Waals surface area contributed by atoms with Crippen LogP contribution in [-0.2, 0) is 29.7 Å². The van der Waals surface area contributed by atoms with Crippen LogP contribution in [-0.4, -0.2) is 52.1 Å². The average molecular weight is 480 g/mol. The molecule has 0 fully saturated rings. The molecule has 0 atom stereocenters. The minimum absolute atomic E-state index is 0.00181. The number of rotatable bonds is 5. The highest BCUT2D eigenvalue weighted by molar-refractivity contribution is 7.86. The van der Waals surface area contributed by atoms with E-state index in [1.165, 1.54) is 12.1 Å². The molecule has 0 heterocycles. The van der Waals surface area contributed by atoms with Crippen molar-refractivity contribution in [2.75, 3.05) is 14.2 Å². The Morgan fingerprint density at radius 2 is 1.38 bits per heavy atom. The van der Waals surface area contributed by atoms with Gasteiger partial charge in [-0.15, -0.1) is 0 Å². The van der Waals surface area contributed by atoms with Crippen molar-refractivity contribution in [1.82, 2.24) is 0 Å². The van der Waals surface area contributed by atoms with Gasteiger partial charge in [0.25, 0.3) is 20.2 Å². The second-order valence-corrected chi connectivity index (χ2v) is 9.24. The van der Waals surface area contributed by atoms with Crippen molar-refractivity contribution in [3.8, 4) is 11.1 Å². The van der Waals surface area contributed by atoms with E-state index in [9.17, 15) is 35.5 Å². The number of methoxy groups -OCH3 is 2. The van der Waals surface area contributed by atoms with Crippen molar-refractivity contribution >= 4 is 42.9 Å². The van der Waals surface area contributed by atoms with Crippen LogP contribution in [0.25, 0.3) is 21.9 Å². The molecule has 0 saturated carbocycles. The highest BCUT2D eigenvalue weighted by Gasteiger charge is 2.36. The molecule has 0 aliphatic rings. The molecule has 0 aliphatic heterocycles. The fourth-order valence-corrected chi connectivity index (χ4v) is 4.91. The van der Waals surface area contributed by atoms with Gasteiger partial charge in [-0.05, 0) is 28.5 Å². The Labute approximate surface area is 182 Å². The highest BCUT2D eigenvalue weighted by Crippen LogP contribution is 2.39. The standard InChI is InChI=1S/C20H16O10S2/c1-29-19(21)14-10-15(31(23,24)25)16(17(20(22)30-2)18(14)32(26,27)28)13-8-7-11-5-3-4-6-12(11)9-13/h3-10H,1-2H3,(H,23,24,25)(H,26,27,28). The lowest BCUT2D eigenvalue weighted by Crippen LogP contribution is -2.20. The summed E-state index contributed by atoms with van der Waals surface area (Å²) in [6.45, 7) is 0. The zero-order chi connectivity index (χ0) is 23.8. The monoisotopic (exact) mass is 480 g/mol. The lowest BCUT2D eigenvalue weighted by Gasteiger charge is -2.18. The number of hydrogen-bond donors (Lipinski definition) is 2. The van der Waals surface area contributed by atoms with Crippen LogP contribution in [0.3, 0.4) is 0 Å². The van der Waals surface area contributed by atoms with Gasteiger partial charge in [0.05, 0.1) is 25.3 Å². The zero-order valence-electron chi connectivity index (χ0n) is 16.6. The van der Waals surface area contributed by atoms with Gasteiger partial charge < -0.3 is 9.47 Å². The molecule has 0 radical (unpaired) electrons. The lowest BCUT2D eigenvalue weighted by atomic mass is 9.95. The van der Waals surface area contributed by atoms with Crippen LogP contribution >= 0.6 is 0 Å². The number of esters is 2. The summed E-state index contributed by atoms with van der Waals surface area (Å²) in [5, 5.41) is 1.33. The number of ether oxygens (including phenoxy) is 2. The molecule has 0 saturated heterocycles. The third-order valence-electron chi connectivity index (χ3n) is 4.61. The quantitative estimate of drug-likeness (QED) is 0.410. The third-order valence-corrected chi connectivity index (χ3v) is 6.43. The van der Waals surface area contributed by atoms with E-state index >= 15 is 0 Å². The summed E-state index contributed by atoms with van der Waals surface area (Å²) in [7, 11) is -8.64. The van der Waals surface area contributed by atoms with E-state index in [1.807, 2.05) is 0 Å². The summed E-state index contributed by atoms with van der Waals surface area (Å²) in [6, 6.07) is 11.8. The molecule has 168 valence electrons. The molecule has 32 heavy (non-hydrogen) atoms. The van der Waals surface area contributed by atoms with E-state index in [0.29, 0.717) is 11.5 Å². The normalized spacial score (nSPS) is 11.9. The fourth-order valence-electron chi connectivity index (χ4n) is 3.30. The van der Waals surface area contributed by atoms with Crippen molar-refractivity contribution in [2.24, 2.45) is 0 Å². The van der Waals surface area contributed by atoms with Gasteiger partial charge in [-0.3, -0.25) is 9.11 Å². The number of carbonyl (C=O) groups is 2. The number of benzene rings is 3. The largest absolute Gasteiger partial charge is 0.465 e. The van der Waals surface area contributed by atoms with Crippen LogP contribution in [0, 0.1) is 0 Å². The van der Waals surface area contributed by atoms with Gasteiger partial charge in [-0.1, -0.05) is 36.4 Å². The first-order valence-corrected chi connectivity index (χ1v) is 11.6. The van der Waals surface area contributed by atoms with Gasteiger partial charge in [0.1, 0.15) is 9.79 Å². The Kier molecular flexibility index (Phi) is 6.07. The van der Waals surface area contributed by atoms with Crippen molar-refractivity contribution in [2.45, 2.75) is 9.79 Å². The highest BCUT2D eigenvalue weighted by atomic mass is 32.2. The minimum atomic E-state index is -5.29. The van der Waals surface area contributed by atoms with Crippen molar-refractivity contribution in [3.63, 3.8) is 0 Å². The molecular weight excluding hydrogens is 464 g/mol. The van der Waals surface area contributed by atoms with E-state index in [4.69, 9.17) is 0 Å². The molecule has 3 aromatic carbocycles. The first kappa shape index (κ1) is 23.3. The average Bonchev–Trinajstić information content (AvgIpc) is 2.74. The first-order valence-electron chi connectivity index (χ1n) is 8.72. The van der Waals surface area contributed by atoms with Crippen LogP contribution < -0.4 is 0 Å². The summed E-state index contributed by atoms with van der Waals surface area (Å²) < 4.78 is 77.6. The fraction of sp³-hybridized carbons (Fsp3) is 0.100. The third kappa shape index (κ3) is 4.21. The van der Waals surface area contributed by atoms with E-state index in [1.54, 1.807) is 30.3 Å². The topological polar surface area (TPSA) is 161 Å². The van der Waals surface area contributed by atoms with Gasteiger partial charge in [0, 0.05) is 5.56 Å². The molecule has 2 N–H and O–H groups in total. The Balaban J connectivity index is 2.64. The number of carbonyl (C=O) groups excluding carboxylic acids is 2. The maximum atomic E-state index is 12.7. The molecule has 12 heteroatoms. The maximum Gasteiger partial charge on any atom is 0.339 e. The molecule has 0 amide bonds. The van der Waals surface area contributed by atoms with Crippen LogP contribution in [0.15, 0.2) is 58.3 Å². The molecular formula is C20H16O10S2. The molecule has 0 aromatic heterocycles. The zero-order valence-corrected chi connectivity index (χ0v) is 18.2. The van der Waals surface area contributed by atoms with Crippen molar-refractivity contribution < 1.29 is 45.0 Å². The van der Waals surface area contributed by atoms with Gasteiger partial charge >= 0.3 is 11.9 Å². The second-order valence-electron chi connectivity index (χ2n) is 6.50. The van der Waals surface area contributed by atoms with Crippen LogP contribution in [0.5, 0.6) is 0 Å². The first-order chi connectivity index (χ1) is 14.9. The molecule has 3 aromatic rings. The predicted octanol–water partition coefficient (Wildman–Crippen LogP) is 2.57. The summed E-state index contributed by atoms with van der Waals surface area (Å²) >= 11 is 0. The van der Waals surface area contributed by atoms with Crippen molar-refractivity contribution in [1.29, 1.82) is 0 Å². The molecule has 0 spiro atoms. The molecule has 0 aliphatic carbocycles. The van der Waals surface area contributed by atoms with Crippen LogP contribution in [0.4, 0.5) is 0 Å². The summed E-state index contributed by atoms with van der Waals surface area (Å²) in [4.78, 5) is 22.7. The van der Waals surface area contributed by atoms with Crippen LogP contribution in [0.1, 0.15) is 20.7 Å². The van der Waals surface area contributed by atoms with Crippen molar-refractivity contribution in [3.05, 3.63) is 59.7 Å².